The molecule has 0 spiro atoms. The van der Waals surface area contributed by atoms with Crippen molar-refractivity contribution in [3.05, 3.63) is 52.7 Å². The van der Waals surface area contributed by atoms with Crippen LogP contribution in [0.5, 0.6) is 0 Å². The lowest BCUT2D eigenvalue weighted by Crippen LogP contribution is -1.97. The van der Waals surface area contributed by atoms with Gasteiger partial charge in [-0.15, -0.1) is 0 Å². The number of nitrogens with two attached hydrogens (primary N) is 2. The molecule has 17 heavy (non-hydrogen) atoms. The van der Waals surface area contributed by atoms with E-state index in [-0.39, 0.29) is 0 Å². The zero-order valence-corrected chi connectivity index (χ0v) is 11.0. The molecule has 1 aromatic carbocycles. The van der Waals surface area contributed by atoms with E-state index in [1.807, 2.05) is 0 Å². The Morgan fingerprint density at radius 1 is 1.18 bits per heavy atom. The lowest BCUT2D eigenvalue weighted by atomic mass is 9.94. The molecular formula is C15H22N2. The third kappa shape index (κ3) is 3.46. The van der Waals surface area contributed by atoms with Crippen molar-refractivity contribution < 1.29 is 0 Å². The Hall–Kier alpha value is -1.54. The van der Waals surface area contributed by atoms with Gasteiger partial charge >= 0.3 is 0 Å². The van der Waals surface area contributed by atoms with E-state index in [2.05, 4.69) is 45.1 Å². The second-order valence-corrected chi connectivity index (χ2v) is 4.38. The van der Waals surface area contributed by atoms with Crippen LogP contribution in [0.15, 0.2) is 30.5 Å². The van der Waals surface area contributed by atoms with Crippen LogP contribution >= 0.6 is 0 Å². The summed E-state index contributed by atoms with van der Waals surface area (Å²) in [5, 5.41) is 0. The maximum absolute atomic E-state index is 5.72. The van der Waals surface area contributed by atoms with Crippen LogP contribution in [0.3, 0.4) is 0 Å². The predicted molar refractivity (Wildman–Crippen MR) is 75.6 cm³/mol. The number of benzene rings is 1. The highest BCUT2D eigenvalue weighted by atomic mass is 14.5. The molecule has 92 valence electrons. The van der Waals surface area contributed by atoms with E-state index < -0.39 is 0 Å². The maximum atomic E-state index is 5.72. The first-order valence-corrected chi connectivity index (χ1v) is 5.97. The largest absolute Gasteiger partial charge is 0.404 e. The lowest BCUT2D eigenvalue weighted by Gasteiger charge is -2.12. The smallest absolute Gasteiger partial charge is 0.00176 e. The van der Waals surface area contributed by atoms with Crippen molar-refractivity contribution in [2.45, 2.75) is 27.2 Å². The van der Waals surface area contributed by atoms with Gasteiger partial charge in [0.2, 0.25) is 0 Å². The van der Waals surface area contributed by atoms with E-state index in [0.717, 1.165) is 12.0 Å². The molecular weight excluding hydrogens is 208 g/mol. The third-order valence-corrected chi connectivity index (χ3v) is 2.78. The van der Waals surface area contributed by atoms with Crippen molar-refractivity contribution in [1.82, 2.24) is 0 Å². The Labute approximate surface area is 104 Å². The van der Waals surface area contributed by atoms with Gasteiger partial charge in [0.05, 0.1) is 0 Å². The minimum Gasteiger partial charge on any atom is -0.404 e. The summed E-state index contributed by atoms with van der Waals surface area (Å²) in [4.78, 5) is 0. The van der Waals surface area contributed by atoms with Crippen LogP contribution in [-0.4, -0.2) is 6.54 Å². The Morgan fingerprint density at radius 2 is 1.76 bits per heavy atom. The van der Waals surface area contributed by atoms with Crippen molar-refractivity contribution in [2.75, 3.05) is 6.54 Å². The first-order chi connectivity index (χ1) is 8.10. The summed E-state index contributed by atoms with van der Waals surface area (Å²) in [6, 6.07) is 4.37. The molecule has 0 fully saturated rings. The molecule has 4 N–H and O–H groups in total. The number of hydrogen-bond acceptors (Lipinski definition) is 2. The summed E-state index contributed by atoms with van der Waals surface area (Å²) in [5.41, 5.74) is 17.3. The van der Waals surface area contributed by atoms with E-state index in [0.29, 0.717) is 6.54 Å². The van der Waals surface area contributed by atoms with Crippen LogP contribution in [0.4, 0.5) is 0 Å². The second kappa shape index (κ2) is 6.26. The molecule has 0 saturated carbocycles. The lowest BCUT2D eigenvalue weighted by molar-refractivity contribution is 1.01. The fourth-order valence-electron chi connectivity index (χ4n) is 2.16. The monoisotopic (exact) mass is 230 g/mol. The molecule has 0 amide bonds. The second-order valence-electron chi connectivity index (χ2n) is 4.38. The van der Waals surface area contributed by atoms with Crippen molar-refractivity contribution in [3.8, 4) is 0 Å². The van der Waals surface area contributed by atoms with Crippen LogP contribution in [0.2, 0.25) is 0 Å². The van der Waals surface area contributed by atoms with E-state index >= 15 is 0 Å². The topological polar surface area (TPSA) is 52.0 Å². The summed E-state index contributed by atoms with van der Waals surface area (Å²) < 4.78 is 0. The van der Waals surface area contributed by atoms with Gasteiger partial charge < -0.3 is 11.5 Å². The molecule has 0 atom stereocenters. The molecule has 2 heteroatoms. The summed E-state index contributed by atoms with van der Waals surface area (Å²) in [6.45, 7) is 7.02. The third-order valence-electron chi connectivity index (χ3n) is 2.78. The van der Waals surface area contributed by atoms with E-state index in [1.165, 1.54) is 22.3 Å². The average molecular weight is 230 g/mol. The Bertz CT molecular complexity index is 419. The number of allylic oxidation sites excluding steroid dienone is 2. The molecule has 0 radical (unpaired) electrons. The van der Waals surface area contributed by atoms with Gasteiger partial charge in [-0.1, -0.05) is 29.8 Å². The first-order valence-electron chi connectivity index (χ1n) is 5.97. The fraction of sp³-hybridized carbons (Fsp3) is 0.333. The van der Waals surface area contributed by atoms with E-state index in [1.54, 1.807) is 6.20 Å². The first kappa shape index (κ1) is 13.5. The van der Waals surface area contributed by atoms with Crippen molar-refractivity contribution in [1.29, 1.82) is 0 Å². The van der Waals surface area contributed by atoms with Gasteiger partial charge in [0, 0.05) is 6.20 Å². The normalized spacial score (nSPS) is 12.4. The van der Waals surface area contributed by atoms with Crippen LogP contribution in [-0.2, 0) is 0 Å². The molecule has 2 nitrogen and oxygen atoms in total. The van der Waals surface area contributed by atoms with E-state index in [9.17, 15) is 0 Å². The quantitative estimate of drug-likeness (QED) is 0.781. The van der Waals surface area contributed by atoms with Gasteiger partial charge in [-0.05, 0) is 56.0 Å². The van der Waals surface area contributed by atoms with Gasteiger partial charge in [-0.3, -0.25) is 0 Å². The van der Waals surface area contributed by atoms with Gasteiger partial charge in [0.15, 0.2) is 0 Å². The molecule has 0 aliphatic carbocycles. The van der Waals surface area contributed by atoms with Crippen molar-refractivity contribution in [2.24, 2.45) is 11.5 Å². The molecule has 0 aromatic heterocycles. The summed E-state index contributed by atoms with van der Waals surface area (Å²) >= 11 is 0. The summed E-state index contributed by atoms with van der Waals surface area (Å²) in [6.07, 6.45) is 6.66. The zero-order chi connectivity index (χ0) is 12.8. The molecule has 0 saturated heterocycles. The SMILES string of the molecule is Cc1cc(C)c(C(/C=C\CCN)=C/N)c(C)c1. The molecule has 1 aromatic rings. The number of rotatable bonds is 4. The Balaban J connectivity index is 3.13. The highest BCUT2D eigenvalue weighted by Gasteiger charge is 2.06. The zero-order valence-electron chi connectivity index (χ0n) is 11.0. The molecule has 0 aliphatic rings. The van der Waals surface area contributed by atoms with Crippen LogP contribution < -0.4 is 11.5 Å². The van der Waals surface area contributed by atoms with Gasteiger partial charge in [0.25, 0.3) is 0 Å². The highest BCUT2D eigenvalue weighted by Crippen LogP contribution is 2.24. The average Bonchev–Trinajstić information content (AvgIpc) is 2.25. The number of aryl methyl sites for hydroxylation is 3. The van der Waals surface area contributed by atoms with Gasteiger partial charge in [-0.2, -0.15) is 0 Å². The summed E-state index contributed by atoms with van der Waals surface area (Å²) in [5.74, 6) is 0. The van der Waals surface area contributed by atoms with Crippen molar-refractivity contribution in [3.63, 3.8) is 0 Å². The number of hydrogen-bond donors (Lipinski definition) is 2. The van der Waals surface area contributed by atoms with Gasteiger partial charge in [0.1, 0.15) is 0 Å². The molecule has 0 bridgehead atoms. The van der Waals surface area contributed by atoms with Crippen molar-refractivity contribution >= 4 is 5.57 Å². The molecule has 1 rings (SSSR count). The molecule has 0 heterocycles. The van der Waals surface area contributed by atoms with Gasteiger partial charge in [-0.25, -0.2) is 0 Å². The Morgan fingerprint density at radius 3 is 2.24 bits per heavy atom. The minimum absolute atomic E-state index is 0.667. The van der Waals surface area contributed by atoms with Crippen LogP contribution in [0, 0.1) is 20.8 Å². The standard InChI is InChI=1S/C15H22N2/c1-11-8-12(2)15(13(3)9-11)14(10-17)6-4-5-7-16/h4,6,8-10H,5,7,16-17H2,1-3H3/b6-4-,14-10+. The molecule has 0 aliphatic heterocycles. The van der Waals surface area contributed by atoms with Crippen LogP contribution in [0.1, 0.15) is 28.7 Å². The highest BCUT2D eigenvalue weighted by molar-refractivity contribution is 5.77. The minimum atomic E-state index is 0.667. The fourth-order valence-corrected chi connectivity index (χ4v) is 2.16. The predicted octanol–water partition coefficient (Wildman–Crippen LogP) is 2.82. The van der Waals surface area contributed by atoms with E-state index in [4.69, 9.17) is 11.5 Å². The van der Waals surface area contributed by atoms with Crippen LogP contribution in [0.25, 0.3) is 5.57 Å². The molecule has 0 unspecified atom stereocenters. The summed E-state index contributed by atoms with van der Waals surface area (Å²) in [7, 11) is 0. The maximum Gasteiger partial charge on any atom is 0.00176 e. The Kier molecular flexibility index (Phi) is 4.98.